The van der Waals surface area contributed by atoms with E-state index in [2.05, 4.69) is 17.1 Å². The van der Waals surface area contributed by atoms with Gasteiger partial charge in [-0.2, -0.15) is 0 Å². The molecule has 0 aromatic carbocycles. The summed E-state index contributed by atoms with van der Waals surface area (Å²) in [5.41, 5.74) is 0.285. The van der Waals surface area contributed by atoms with E-state index in [0.29, 0.717) is 12.7 Å². The van der Waals surface area contributed by atoms with Crippen LogP contribution in [0.1, 0.15) is 32.6 Å². The van der Waals surface area contributed by atoms with Gasteiger partial charge in [0.25, 0.3) is 0 Å². The minimum Gasteiger partial charge on any atom is -0.394 e. The van der Waals surface area contributed by atoms with Crippen molar-refractivity contribution in [2.75, 3.05) is 59.2 Å². The molecule has 0 radical (unpaired) electrons. The molecule has 0 spiro atoms. The molecule has 1 atom stereocenters. The summed E-state index contributed by atoms with van der Waals surface area (Å²) in [6, 6.07) is 0. The first-order chi connectivity index (χ1) is 10.3. The van der Waals surface area contributed by atoms with Gasteiger partial charge in [-0.25, -0.2) is 0 Å². The molecule has 0 bridgehead atoms. The average molecular weight is 300 g/mol. The molecule has 0 saturated carbocycles. The zero-order chi connectivity index (χ0) is 15.0. The Morgan fingerprint density at radius 1 is 1.38 bits per heavy atom. The fourth-order valence-corrected chi connectivity index (χ4v) is 3.55. The third-order valence-corrected chi connectivity index (χ3v) is 4.69. The Labute approximate surface area is 129 Å². The van der Waals surface area contributed by atoms with Gasteiger partial charge in [0, 0.05) is 38.2 Å². The smallest absolute Gasteiger partial charge is 0.0701 e. The molecular weight excluding hydrogens is 268 g/mol. The number of hydrogen-bond acceptors (Lipinski definition) is 5. The number of rotatable bonds is 8. The van der Waals surface area contributed by atoms with Crippen molar-refractivity contribution in [3.8, 4) is 0 Å². The summed E-state index contributed by atoms with van der Waals surface area (Å²) in [7, 11) is 0. The van der Waals surface area contributed by atoms with E-state index in [0.717, 1.165) is 58.8 Å². The van der Waals surface area contributed by atoms with Gasteiger partial charge in [0.1, 0.15) is 0 Å². The molecule has 2 aliphatic rings. The molecule has 5 nitrogen and oxygen atoms in total. The van der Waals surface area contributed by atoms with Gasteiger partial charge in [0.05, 0.1) is 25.9 Å². The van der Waals surface area contributed by atoms with Gasteiger partial charge in [0.2, 0.25) is 0 Å². The number of nitrogens with zero attached hydrogens (tertiary/aromatic N) is 1. The molecule has 0 aliphatic carbocycles. The fourth-order valence-electron chi connectivity index (χ4n) is 3.55. The Hall–Kier alpha value is -0.200. The zero-order valence-corrected chi connectivity index (χ0v) is 13.5. The van der Waals surface area contributed by atoms with Gasteiger partial charge in [-0.3, -0.25) is 0 Å². The second-order valence-electron chi connectivity index (χ2n) is 6.51. The highest BCUT2D eigenvalue weighted by atomic mass is 16.5. The van der Waals surface area contributed by atoms with Crippen LogP contribution in [-0.2, 0) is 9.47 Å². The van der Waals surface area contributed by atoms with Gasteiger partial charge in [0.15, 0.2) is 0 Å². The van der Waals surface area contributed by atoms with Crippen LogP contribution < -0.4 is 5.32 Å². The van der Waals surface area contributed by atoms with Crippen molar-refractivity contribution in [1.82, 2.24) is 10.2 Å². The first-order valence-electron chi connectivity index (χ1n) is 8.51. The lowest BCUT2D eigenvalue weighted by atomic mass is 9.81. The number of ether oxygens (including phenoxy) is 2. The van der Waals surface area contributed by atoms with Crippen molar-refractivity contribution in [3.63, 3.8) is 0 Å². The van der Waals surface area contributed by atoms with Crippen LogP contribution in [0, 0.1) is 5.41 Å². The number of hydrogen-bond donors (Lipinski definition) is 2. The Kier molecular flexibility index (Phi) is 7.40. The summed E-state index contributed by atoms with van der Waals surface area (Å²) in [5, 5.41) is 12.4. The van der Waals surface area contributed by atoms with Crippen LogP contribution in [-0.4, -0.2) is 75.3 Å². The Balaban J connectivity index is 1.78. The molecule has 1 unspecified atom stereocenters. The van der Waals surface area contributed by atoms with E-state index in [4.69, 9.17) is 14.6 Å². The van der Waals surface area contributed by atoms with Gasteiger partial charge in [-0.15, -0.1) is 0 Å². The normalized spacial score (nSPS) is 28.9. The number of nitrogens with one attached hydrogen (secondary N) is 1. The van der Waals surface area contributed by atoms with Crippen LogP contribution >= 0.6 is 0 Å². The fraction of sp³-hybridized carbons (Fsp3) is 1.00. The molecule has 0 amide bonds. The lowest BCUT2D eigenvalue weighted by molar-refractivity contribution is -0.0462. The molecule has 2 rings (SSSR count). The molecule has 21 heavy (non-hydrogen) atoms. The van der Waals surface area contributed by atoms with Gasteiger partial charge in [-0.05, 0) is 32.2 Å². The minimum atomic E-state index is 0.128. The van der Waals surface area contributed by atoms with Gasteiger partial charge >= 0.3 is 0 Å². The maximum absolute atomic E-state index is 8.83. The molecule has 124 valence electrons. The zero-order valence-electron chi connectivity index (χ0n) is 13.5. The van der Waals surface area contributed by atoms with Crippen molar-refractivity contribution in [1.29, 1.82) is 0 Å². The van der Waals surface area contributed by atoms with Crippen molar-refractivity contribution in [2.24, 2.45) is 5.41 Å². The largest absolute Gasteiger partial charge is 0.394 e. The molecule has 5 heteroatoms. The average Bonchev–Trinajstić information content (AvgIpc) is 2.53. The second kappa shape index (κ2) is 9.06. The first-order valence-corrected chi connectivity index (χ1v) is 8.51. The predicted octanol–water partition coefficient (Wildman–Crippen LogP) is 0.866. The highest BCUT2D eigenvalue weighted by Crippen LogP contribution is 2.30. The van der Waals surface area contributed by atoms with E-state index in [1.807, 2.05) is 0 Å². The highest BCUT2D eigenvalue weighted by molar-refractivity contribution is 4.88. The van der Waals surface area contributed by atoms with Crippen molar-refractivity contribution < 1.29 is 14.6 Å². The third-order valence-electron chi connectivity index (χ3n) is 4.69. The maximum atomic E-state index is 8.83. The van der Waals surface area contributed by atoms with Crippen molar-refractivity contribution in [2.45, 2.75) is 38.7 Å². The van der Waals surface area contributed by atoms with E-state index in [1.165, 1.54) is 12.8 Å². The van der Waals surface area contributed by atoms with E-state index in [9.17, 15) is 0 Å². The SMILES string of the molecule is CCNCC1(CN2CCC(OCCO)CC2)CCCOC1. The summed E-state index contributed by atoms with van der Waals surface area (Å²) >= 11 is 0. The molecule has 0 aromatic heterocycles. The van der Waals surface area contributed by atoms with Crippen LogP contribution in [0.3, 0.4) is 0 Å². The quantitative estimate of drug-likeness (QED) is 0.696. The Morgan fingerprint density at radius 2 is 2.19 bits per heavy atom. The molecule has 2 heterocycles. The monoisotopic (exact) mass is 300 g/mol. The van der Waals surface area contributed by atoms with Crippen LogP contribution in [0.5, 0.6) is 0 Å². The topological polar surface area (TPSA) is 54.0 Å². The maximum Gasteiger partial charge on any atom is 0.0701 e. The highest BCUT2D eigenvalue weighted by Gasteiger charge is 2.35. The third kappa shape index (κ3) is 5.49. The van der Waals surface area contributed by atoms with E-state index < -0.39 is 0 Å². The summed E-state index contributed by atoms with van der Waals surface area (Å²) < 4.78 is 11.4. The van der Waals surface area contributed by atoms with Gasteiger partial charge in [-0.1, -0.05) is 6.92 Å². The molecular formula is C16H32N2O3. The van der Waals surface area contributed by atoms with Gasteiger partial charge < -0.3 is 24.8 Å². The van der Waals surface area contributed by atoms with Crippen molar-refractivity contribution >= 4 is 0 Å². The number of piperidine rings is 1. The molecule has 2 fully saturated rings. The summed E-state index contributed by atoms with van der Waals surface area (Å²) in [4.78, 5) is 2.57. The number of aliphatic hydroxyl groups is 1. The van der Waals surface area contributed by atoms with Crippen LogP contribution in [0.15, 0.2) is 0 Å². The van der Waals surface area contributed by atoms with Crippen LogP contribution in [0.25, 0.3) is 0 Å². The molecule has 0 aromatic rings. The Morgan fingerprint density at radius 3 is 2.81 bits per heavy atom. The van der Waals surface area contributed by atoms with Crippen LogP contribution in [0.4, 0.5) is 0 Å². The molecule has 2 aliphatic heterocycles. The second-order valence-corrected chi connectivity index (χ2v) is 6.51. The number of aliphatic hydroxyl groups excluding tert-OH is 1. The minimum absolute atomic E-state index is 0.128. The van der Waals surface area contributed by atoms with E-state index in [-0.39, 0.29) is 12.0 Å². The van der Waals surface area contributed by atoms with Crippen LogP contribution in [0.2, 0.25) is 0 Å². The number of likely N-dealkylation sites (tertiary alicyclic amines) is 1. The lowest BCUT2D eigenvalue weighted by Gasteiger charge is -2.43. The predicted molar refractivity (Wildman–Crippen MR) is 83.5 cm³/mol. The molecule has 2 N–H and O–H groups in total. The van der Waals surface area contributed by atoms with Crippen molar-refractivity contribution in [3.05, 3.63) is 0 Å². The summed E-state index contributed by atoms with van der Waals surface area (Å²) in [6.45, 7) is 10.0. The molecule has 2 saturated heterocycles. The summed E-state index contributed by atoms with van der Waals surface area (Å²) in [5.74, 6) is 0. The standard InChI is InChI=1S/C16H32N2O3/c1-2-17-12-16(6-3-10-20-14-16)13-18-7-4-15(5-8-18)21-11-9-19/h15,17,19H,2-14H2,1H3. The summed E-state index contributed by atoms with van der Waals surface area (Å²) in [6.07, 6.45) is 4.94. The Bertz CT molecular complexity index is 275. The lowest BCUT2D eigenvalue weighted by Crippen LogP contribution is -2.51. The van der Waals surface area contributed by atoms with E-state index >= 15 is 0 Å². The first kappa shape index (κ1) is 17.2. The van der Waals surface area contributed by atoms with E-state index in [1.54, 1.807) is 0 Å².